The van der Waals surface area contributed by atoms with E-state index in [0.717, 1.165) is 5.69 Å². The van der Waals surface area contributed by atoms with Crippen LogP contribution in [0, 0.1) is 0 Å². The van der Waals surface area contributed by atoms with E-state index >= 15 is 0 Å². The van der Waals surface area contributed by atoms with E-state index in [1.54, 1.807) is 29.6 Å². The Morgan fingerprint density at radius 3 is 2.53 bits per heavy atom. The molecule has 3 heterocycles. The molecule has 10 heteroatoms. The summed E-state index contributed by atoms with van der Waals surface area (Å²) in [7, 11) is 0. The number of para-hydroxylation sites is 1. The lowest BCUT2D eigenvalue weighted by Gasteiger charge is -2.35. The topological polar surface area (TPSA) is 122 Å². The van der Waals surface area contributed by atoms with E-state index in [-0.39, 0.29) is 18.6 Å². The summed E-state index contributed by atoms with van der Waals surface area (Å²) in [4.78, 5) is 33.1. The van der Waals surface area contributed by atoms with E-state index < -0.39 is 0 Å². The lowest BCUT2D eigenvalue weighted by atomic mass is 10.3. The van der Waals surface area contributed by atoms with Crippen molar-refractivity contribution in [2.75, 3.05) is 42.1 Å². The van der Waals surface area contributed by atoms with Gasteiger partial charge in [0, 0.05) is 50.5 Å². The van der Waals surface area contributed by atoms with Crippen molar-refractivity contribution in [1.82, 2.24) is 24.8 Å². The molecule has 2 amide bonds. The maximum absolute atomic E-state index is 12.5. The van der Waals surface area contributed by atoms with Crippen LogP contribution in [0.5, 0.6) is 5.88 Å². The van der Waals surface area contributed by atoms with Crippen molar-refractivity contribution in [2.24, 2.45) is 0 Å². The average Bonchev–Trinajstić information content (AvgIpc) is 2.79. The van der Waals surface area contributed by atoms with Crippen LogP contribution in [-0.2, 0) is 6.61 Å². The van der Waals surface area contributed by atoms with E-state index in [4.69, 9.17) is 10.5 Å². The Morgan fingerprint density at radius 1 is 1.00 bits per heavy atom. The highest BCUT2D eigenvalue weighted by atomic mass is 16.5. The van der Waals surface area contributed by atoms with Crippen LogP contribution in [0.2, 0.25) is 0 Å². The minimum absolute atomic E-state index is 0.113. The first kappa shape index (κ1) is 19.4. The second-order valence-corrected chi connectivity index (χ2v) is 6.65. The van der Waals surface area contributed by atoms with Crippen molar-refractivity contribution < 1.29 is 9.53 Å². The van der Waals surface area contributed by atoms with Crippen molar-refractivity contribution in [1.29, 1.82) is 0 Å². The van der Waals surface area contributed by atoms with Gasteiger partial charge in [0.25, 0.3) is 5.88 Å². The number of urea groups is 1. The summed E-state index contributed by atoms with van der Waals surface area (Å²) < 4.78 is 5.83. The number of carbonyl (C=O) groups is 1. The molecule has 0 bridgehead atoms. The number of nitrogens with two attached hydrogens (primary N) is 1. The summed E-state index contributed by atoms with van der Waals surface area (Å²) >= 11 is 0. The van der Waals surface area contributed by atoms with Gasteiger partial charge in [0.2, 0.25) is 5.95 Å². The van der Waals surface area contributed by atoms with Gasteiger partial charge in [0.15, 0.2) is 5.82 Å². The molecule has 154 valence electrons. The number of anilines is 3. The Kier molecular flexibility index (Phi) is 5.83. The third kappa shape index (κ3) is 4.72. The molecule has 1 aromatic carbocycles. The molecule has 0 spiro atoms. The number of benzene rings is 1. The van der Waals surface area contributed by atoms with Crippen LogP contribution < -0.4 is 20.7 Å². The van der Waals surface area contributed by atoms with Gasteiger partial charge in [-0.05, 0) is 18.2 Å². The molecule has 30 heavy (non-hydrogen) atoms. The molecule has 1 saturated heterocycles. The number of aromatic nitrogens is 4. The van der Waals surface area contributed by atoms with Gasteiger partial charge >= 0.3 is 6.03 Å². The number of nitrogen functional groups attached to an aromatic ring is 1. The van der Waals surface area contributed by atoms with Gasteiger partial charge in [-0.25, -0.2) is 24.7 Å². The number of nitrogens with one attached hydrogen (secondary N) is 1. The van der Waals surface area contributed by atoms with Gasteiger partial charge in [0.05, 0.1) is 5.69 Å². The normalized spacial score (nSPS) is 13.7. The molecule has 3 N–H and O–H groups in total. The number of carbonyl (C=O) groups excluding carboxylic acids is 1. The van der Waals surface area contributed by atoms with Crippen molar-refractivity contribution in [3.05, 3.63) is 60.7 Å². The third-order valence-electron chi connectivity index (χ3n) is 4.63. The molecule has 3 aromatic rings. The molecule has 2 aromatic heterocycles. The zero-order valence-electron chi connectivity index (χ0n) is 16.3. The first-order valence-electron chi connectivity index (χ1n) is 9.56. The molecule has 1 fully saturated rings. The number of amides is 2. The Balaban J connectivity index is 1.36. The number of rotatable bonds is 5. The predicted octanol–water partition coefficient (Wildman–Crippen LogP) is 1.78. The van der Waals surface area contributed by atoms with Crippen LogP contribution in [0.4, 0.5) is 22.2 Å². The number of hydrogen-bond acceptors (Lipinski definition) is 8. The molecule has 1 aliphatic heterocycles. The zero-order chi connectivity index (χ0) is 20.8. The van der Waals surface area contributed by atoms with Crippen molar-refractivity contribution in [3.8, 4) is 5.88 Å². The summed E-state index contributed by atoms with van der Waals surface area (Å²) in [6, 6.07) is 11.0. The van der Waals surface area contributed by atoms with Gasteiger partial charge in [-0.1, -0.05) is 18.2 Å². The molecule has 10 nitrogen and oxygen atoms in total. The molecule has 0 aliphatic carbocycles. The minimum Gasteiger partial charge on any atom is -0.469 e. The Labute approximate surface area is 173 Å². The second-order valence-electron chi connectivity index (χ2n) is 6.65. The van der Waals surface area contributed by atoms with Crippen LogP contribution in [0.25, 0.3) is 0 Å². The van der Waals surface area contributed by atoms with Crippen molar-refractivity contribution >= 4 is 23.5 Å². The van der Waals surface area contributed by atoms with Gasteiger partial charge in [-0.3, -0.25) is 0 Å². The molecule has 4 rings (SSSR count). The largest absolute Gasteiger partial charge is 0.469 e. The molecule has 0 atom stereocenters. The first-order chi connectivity index (χ1) is 14.7. The summed E-state index contributed by atoms with van der Waals surface area (Å²) in [6.07, 6.45) is 4.79. The van der Waals surface area contributed by atoms with Gasteiger partial charge in [-0.2, -0.15) is 0 Å². The summed E-state index contributed by atoms with van der Waals surface area (Å²) in [5, 5.41) is 2.91. The fourth-order valence-electron chi connectivity index (χ4n) is 3.12. The number of ether oxygens (including phenoxy) is 1. The lowest BCUT2D eigenvalue weighted by molar-refractivity contribution is 0.207. The van der Waals surface area contributed by atoms with E-state index in [1.165, 1.54) is 0 Å². The maximum atomic E-state index is 12.5. The van der Waals surface area contributed by atoms with Crippen LogP contribution in [0.3, 0.4) is 0 Å². The Hall–Kier alpha value is -3.95. The van der Waals surface area contributed by atoms with Gasteiger partial charge in [-0.15, -0.1) is 0 Å². The second kappa shape index (κ2) is 9.03. The molecular weight excluding hydrogens is 384 g/mol. The van der Waals surface area contributed by atoms with Crippen LogP contribution in [0.1, 0.15) is 5.69 Å². The predicted molar refractivity (Wildman–Crippen MR) is 112 cm³/mol. The van der Waals surface area contributed by atoms with Gasteiger partial charge < -0.3 is 25.6 Å². The molecule has 0 unspecified atom stereocenters. The Bertz CT molecular complexity index is 993. The molecular formula is C20H22N8O2. The van der Waals surface area contributed by atoms with Crippen LogP contribution in [0.15, 0.2) is 55.0 Å². The molecule has 0 saturated carbocycles. The van der Waals surface area contributed by atoms with E-state index in [1.807, 2.05) is 30.3 Å². The fourth-order valence-corrected chi connectivity index (χ4v) is 3.12. The number of piperazine rings is 1. The average molecular weight is 406 g/mol. The smallest absolute Gasteiger partial charge is 0.321 e. The summed E-state index contributed by atoms with van der Waals surface area (Å²) in [5.74, 6) is 1.25. The standard InChI is InChI=1S/C20H22N8O2/c21-19-24-7-6-16(25-19)14-30-18-17(22-8-9-23-18)27-10-12-28(13-11-27)20(29)26-15-4-2-1-3-5-15/h1-9H,10-14H2,(H,26,29)(H2,21,24,25). The molecule has 1 aliphatic rings. The Morgan fingerprint density at radius 2 is 1.77 bits per heavy atom. The van der Waals surface area contributed by atoms with Crippen molar-refractivity contribution in [3.63, 3.8) is 0 Å². The highest BCUT2D eigenvalue weighted by Gasteiger charge is 2.24. The van der Waals surface area contributed by atoms with Crippen molar-refractivity contribution in [2.45, 2.75) is 6.61 Å². The van der Waals surface area contributed by atoms with E-state index in [0.29, 0.717) is 43.6 Å². The minimum atomic E-state index is -0.113. The molecule has 0 radical (unpaired) electrons. The van der Waals surface area contributed by atoms with Crippen LogP contribution >= 0.6 is 0 Å². The highest BCUT2D eigenvalue weighted by molar-refractivity contribution is 5.89. The van der Waals surface area contributed by atoms with Crippen LogP contribution in [-0.4, -0.2) is 57.0 Å². The summed E-state index contributed by atoms with van der Waals surface area (Å²) in [6.45, 7) is 2.58. The zero-order valence-corrected chi connectivity index (χ0v) is 16.3. The first-order valence-corrected chi connectivity index (χ1v) is 9.56. The van der Waals surface area contributed by atoms with E-state index in [9.17, 15) is 4.79 Å². The fraction of sp³-hybridized carbons (Fsp3) is 0.250. The maximum Gasteiger partial charge on any atom is 0.321 e. The highest BCUT2D eigenvalue weighted by Crippen LogP contribution is 2.24. The SMILES string of the molecule is Nc1nccc(COc2nccnc2N2CCN(C(=O)Nc3ccccc3)CC2)n1. The van der Waals surface area contributed by atoms with E-state index in [2.05, 4.69) is 30.2 Å². The summed E-state index contributed by atoms with van der Waals surface area (Å²) in [5.41, 5.74) is 7.04. The van der Waals surface area contributed by atoms with Gasteiger partial charge in [0.1, 0.15) is 6.61 Å². The number of hydrogen-bond donors (Lipinski definition) is 2. The number of nitrogens with zero attached hydrogens (tertiary/aromatic N) is 6. The lowest BCUT2D eigenvalue weighted by Crippen LogP contribution is -2.50. The third-order valence-corrected chi connectivity index (χ3v) is 4.63. The monoisotopic (exact) mass is 406 g/mol. The quantitative estimate of drug-likeness (QED) is 0.657.